The second kappa shape index (κ2) is 9.73. The predicted octanol–water partition coefficient (Wildman–Crippen LogP) is 2.67. The number of pyridine rings is 1. The van der Waals surface area contributed by atoms with Crippen LogP contribution < -0.4 is 15.6 Å². The first-order valence-corrected chi connectivity index (χ1v) is 11.5. The van der Waals surface area contributed by atoms with Crippen LogP contribution in [0.1, 0.15) is 38.5 Å². The summed E-state index contributed by atoms with van der Waals surface area (Å²) in [6.07, 6.45) is 9.04. The molecule has 3 aromatic rings. The van der Waals surface area contributed by atoms with Gasteiger partial charge < -0.3 is 19.5 Å². The number of carbonyl (C=O) groups is 1. The lowest BCUT2D eigenvalue weighted by atomic mass is 9.94. The first-order chi connectivity index (χ1) is 15.5. The van der Waals surface area contributed by atoms with Gasteiger partial charge in [0.2, 0.25) is 5.91 Å². The highest BCUT2D eigenvalue weighted by atomic mass is 16.5. The Morgan fingerprint density at radius 1 is 1.25 bits per heavy atom. The van der Waals surface area contributed by atoms with Gasteiger partial charge in [0.15, 0.2) is 0 Å². The number of benzene rings is 1. The number of carbonyl (C=O) groups excluding carboxylic acids is 1. The van der Waals surface area contributed by atoms with Crippen molar-refractivity contribution in [1.29, 1.82) is 0 Å². The van der Waals surface area contributed by atoms with Gasteiger partial charge in [-0.25, -0.2) is 0 Å². The van der Waals surface area contributed by atoms with Crippen molar-refractivity contribution in [3.05, 3.63) is 34.7 Å². The number of aryl methyl sites for hydroxylation is 1. The van der Waals surface area contributed by atoms with E-state index in [1.807, 2.05) is 18.2 Å². The molecule has 2 aromatic heterocycles. The summed E-state index contributed by atoms with van der Waals surface area (Å²) in [4.78, 5) is 27.8. The van der Waals surface area contributed by atoms with Crippen molar-refractivity contribution in [2.24, 2.45) is 7.05 Å². The van der Waals surface area contributed by atoms with Gasteiger partial charge in [0, 0.05) is 25.0 Å². The molecule has 1 amide bonds. The third-order valence-electron chi connectivity index (χ3n) is 6.70. The van der Waals surface area contributed by atoms with E-state index in [0.717, 1.165) is 23.9 Å². The maximum Gasteiger partial charge on any atom is 0.261 e. The lowest BCUT2D eigenvalue weighted by Gasteiger charge is -2.31. The molecule has 1 aliphatic rings. The summed E-state index contributed by atoms with van der Waals surface area (Å²) < 4.78 is 8.58. The molecule has 1 aromatic carbocycles. The van der Waals surface area contributed by atoms with Gasteiger partial charge in [-0.1, -0.05) is 19.3 Å². The standard InChI is InChI=1S/C24H33N5O3/c1-27(17-8-5-4-6-9-17)13-7-12-25-22(30)16-29-23-19-14-18(32-3)10-11-21(19)28(2)24(31)20(23)15-26-29/h10-11,14-15,17H,4-9,12-13,16H2,1-3H3,(H,25,30). The smallest absolute Gasteiger partial charge is 0.261 e. The Hall–Kier alpha value is -2.87. The molecule has 4 rings (SSSR count). The number of rotatable bonds is 8. The van der Waals surface area contributed by atoms with Gasteiger partial charge >= 0.3 is 0 Å². The molecule has 1 saturated carbocycles. The Balaban J connectivity index is 1.43. The lowest BCUT2D eigenvalue weighted by Crippen LogP contribution is -2.36. The highest BCUT2D eigenvalue weighted by Gasteiger charge is 2.18. The highest BCUT2D eigenvalue weighted by molar-refractivity contribution is 6.04. The van der Waals surface area contributed by atoms with Gasteiger partial charge in [-0.05, 0) is 51.1 Å². The van der Waals surface area contributed by atoms with Gasteiger partial charge in [-0.2, -0.15) is 5.10 Å². The first-order valence-electron chi connectivity index (χ1n) is 11.5. The molecule has 32 heavy (non-hydrogen) atoms. The maximum absolute atomic E-state index is 12.8. The summed E-state index contributed by atoms with van der Waals surface area (Å²) in [5, 5.41) is 8.69. The molecular weight excluding hydrogens is 406 g/mol. The summed E-state index contributed by atoms with van der Waals surface area (Å²) in [6.45, 7) is 1.68. The Morgan fingerprint density at radius 3 is 2.78 bits per heavy atom. The summed E-state index contributed by atoms with van der Waals surface area (Å²) in [7, 11) is 5.54. The lowest BCUT2D eigenvalue weighted by molar-refractivity contribution is -0.121. The number of nitrogens with one attached hydrogen (secondary N) is 1. The molecule has 0 bridgehead atoms. The molecule has 2 heterocycles. The fourth-order valence-corrected chi connectivity index (χ4v) is 4.81. The summed E-state index contributed by atoms with van der Waals surface area (Å²) in [5.41, 5.74) is 1.31. The van der Waals surface area contributed by atoms with Crippen molar-refractivity contribution >= 4 is 27.7 Å². The maximum atomic E-state index is 12.8. The van der Waals surface area contributed by atoms with Crippen LogP contribution in [0.15, 0.2) is 29.2 Å². The van der Waals surface area contributed by atoms with Crippen molar-refractivity contribution < 1.29 is 9.53 Å². The van der Waals surface area contributed by atoms with E-state index in [9.17, 15) is 9.59 Å². The number of ether oxygens (including phenoxy) is 1. The van der Waals surface area contributed by atoms with Crippen LogP contribution in [-0.2, 0) is 18.4 Å². The first kappa shape index (κ1) is 22.3. The molecule has 0 atom stereocenters. The number of aromatic nitrogens is 3. The van der Waals surface area contributed by atoms with Crippen molar-refractivity contribution in [2.75, 3.05) is 27.2 Å². The molecular formula is C24H33N5O3. The quantitative estimate of drug-likeness (QED) is 0.546. The van der Waals surface area contributed by atoms with Gasteiger partial charge in [-0.15, -0.1) is 0 Å². The van der Waals surface area contributed by atoms with Crippen molar-refractivity contribution in [1.82, 2.24) is 24.6 Å². The Kier molecular flexibility index (Phi) is 6.79. The molecule has 0 unspecified atom stereocenters. The normalized spacial score (nSPS) is 15.0. The van der Waals surface area contributed by atoms with Crippen molar-refractivity contribution in [2.45, 2.75) is 51.1 Å². The minimum absolute atomic E-state index is 0.0709. The van der Waals surface area contributed by atoms with Crippen LogP contribution in [-0.4, -0.2) is 58.4 Å². The minimum atomic E-state index is -0.130. The average molecular weight is 440 g/mol. The minimum Gasteiger partial charge on any atom is -0.497 e. The van der Waals surface area contributed by atoms with E-state index in [0.29, 0.717) is 29.2 Å². The van der Waals surface area contributed by atoms with E-state index in [2.05, 4.69) is 22.4 Å². The fraction of sp³-hybridized carbons (Fsp3) is 0.542. The second-order valence-electron chi connectivity index (χ2n) is 8.79. The predicted molar refractivity (Wildman–Crippen MR) is 126 cm³/mol. The van der Waals surface area contributed by atoms with E-state index in [-0.39, 0.29) is 18.0 Å². The molecule has 1 N–H and O–H groups in total. The fourth-order valence-electron chi connectivity index (χ4n) is 4.81. The van der Waals surface area contributed by atoms with Gasteiger partial charge in [0.1, 0.15) is 12.3 Å². The summed E-state index contributed by atoms with van der Waals surface area (Å²) in [5.74, 6) is 0.587. The summed E-state index contributed by atoms with van der Waals surface area (Å²) in [6, 6.07) is 6.25. The molecule has 0 radical (unpaired) electrons. The zero-order chi connectivity index (χ0) is 22.7. The summed E-state index contributed by atoms with van der Waals surface area (Å²) >= 11 is 0. The van der Waals surface area contributed by atoms with Crippen LogP contribution in [0.4, 0.5) is 0 Å². The highest BCUT2D eigenvalue weighted by Crippen LogP contribution is 2.26. The van der Waals surface area contributed by atoms with E-state index in [1.54, 1.807) is 29.6 Å². The van der Waals surface area contributed by atoms with Crippen LogP contribution in [0.3, 0.4) is 0 Å². The molecule has 8 heteroatoms. The topological polar surface area (TPSA) is 81.4 Å². The largest absolute Gasteiger partial charge is 0.497 e. The number of amides is 1. The number of hydrogen-bond donors (Lipinski definition) is 1. The molecule has 1 aliphatic carbocycles. The molecule has 8 nitrogen and oxygen atoms in total. The van der Waals surface area contributed by atoms with Crippen molar-refractivity contribution in [3.63, 3.8) is 0 Å². The van der Waals surface area contributed by atoms with Crippen LogP contribution in [0.25, 0.3) is 21.8 Å². The number of fused-ring (bicyclic) bond motifs is 3. The van der Waals surface area contributed by atoms with E-state index >= 15 is 0 Å². The molecule has 172 valence electrons. The van der Waals surface area contributed by atoms with Crippen LogP contribution >= 0.6 is 0 Å². The van der Waals surface area contributed by atoms with Crippen LogP contribution in [0.5, 0.6) is 5.75 Å². The van der Waals surface area contributed by atoms with Crippen molar-refractivity contribution in [3.8, 4) is 5.75 Å². The number of hydrogen-bond acceptors (Lipinski definition) is 5. The molecule has 0 aliphatic heterocycles. The Morgan fingerprint density at radius 2 is 2.03 bits per heavy atom. The Bertz CT molecular complexity index is 1160. The average Bonchev–Trinajstić information content (AvgIpc) is 3.24. The number of nitrogens with zero attached hydrogens (tertiary/aromatic N) is 4. The third kappa shape index (κ3) is 4.50. The zero-order valence-electron chi connectivity index (χ0n) is 19.3. The van der Waals surface area contributed by atoms with Crippen LogP contribution in [0.2, 0.25) is 0 Å². The second-order valence-corrected chi connectivity index (χ2v) is 8.79. The third-order valence-corrected chi connectivity index (χ3v) is 6.70. The monoisotopic (exact) mass is 439 g/mol. The number of methoxy groups -OCH3 is 1. The van der Waals surface area contributed by atoms with E-state index in [1.165, 1.54) is 32.1 Å². The SMILES string of the molecule is COc1ccc2c(c1)c1c(cnn1CC(=O)NCCCN(C)C1CCCCC1)c(=O)n2C. The molecule has 0 spiro atoms. The Labute approximate surface area is 188 Å². The van der Waals surface area contributed by atoms with E-state index in [4.69, 9.17) is 4.74 Å². The zero-order valence-corrected chi connectivity index (χ0v) is 19.3. The van der Waals surface area contributed by atoms with Crippen LogP contribution in [0, 0.1) is 0 Å². The molecule has 0 saturated heterocycles. The molecule has 1 fully saturated rings. The van der Waals surface area contributed by atoms with Gasteiger partial charge in [0.05, 0.1) is 29.7 Å². The van der Waals surface area contributed by atoms with E-state index < -0.39 is 0 Å². The van der Waals surface area contributed by atoms with Gasteiger partial charge in [0.25, 0.3) is 5.56 Å². The van der Waals surface area contributed by atoms with Gasteiger partial charge in [-0.3, -0.25) is 14.3 Å².